The maximum atomic E-state index is 14.6. The lowest BCUT2D eigenvalue weighted by atomic mass is 10.1. The van der Waals surface area contributed by atoms with Crippen molar-refractivity contribution < 1.29 is 5.82 Å². The third-order valence-electron chi connectivity index (χ3n) is 5.19. The molecule has 0 unspecified atom stereocenters. The summed E-state index contributed by atoms with van der Waals surface area (Å²) in [4.78, 5) is 27.7. The first-order valence-electron chi connectivity index (χ1n) is 9.62. The van der Waals surface area contributed by atoms with E-state index in [0.29, 0.717) is 29.7 Å². The molecule has 7 nitrogen and oxygen atoms in total. The van der Waals surface area contributed by atoms with Crippen LogP contribution in [0.2, 0.25) is 0 Å². The van der Waals surface area contributed by atoms with Crippen molar-refractivity contribution >= 4 is 16.9 Å². The quantitative estimate of drug-likeness (QED) is 0.731. The van der Waals surface area contributed by atoms with E-state index >= 15 is 0 Å². The van der Waals surface area contributed by atoms with E-state index < -0.39 is 5.82 Å². The number of aromatic amines is 1. The number of rotatable bonds is 4. The van der Waals surface area contributed by atoms with E-state index in [9.17, 15) is 9.18 Å². The van der Waals surface area contributed by atoms with Crippen molar-refractivity contribution in [2.24, 2.45) is 0 Å². The minimum absolute atomic E-state index is 0. The molecule has 0 radical (unpaired) electrons. The van der Waals surface area contributed by atoms with Gasteiger partial charge in [0.1, 0.15) is 23.1 Å². The van der Waals surface area contributed by atoms with Crippen molar-refractivity contribution in [2.75, 3.05) is 31.1 Å². The van der Waals surface area contributed by atoms with Gasteiger partial charge < -0.3 is 9.88 Å². The number of fused-ring (bicyclic) bond motifs is 1. The van der Waals surface area contributed by atoms with Gasteiger partial charge in [-0.3, -0.25) is 9.69 Å². The number of anilines is 1. The number of nitrogens with zero attached hydrogens (tertiary/aromatic N) is 5. The molecule has 1 N–H and O–H groups in total. The highest BCUT2D eigenvalue weighted by atomic mass is 19.1. The van der Waals surface area contributed by atoms with Crippen LogP contribution in [0.1, 0.15) is 25.2 Å². The summed E-state index contributed by atoms with van der Waals surface area (Å²) >= 11 is 0. The Bertz CT molecular complexity index is 1130. The summed E-state index contributed by atoms with van der Waals surface area (Å²) < 4.78 is 14.6. The highest BCUT2D eigenvalue weighted by Gasteiger charge is 2.19. The number of halogens is 1. The molecule has 8 heteroatoms. The van der Waals surface area contributed by atoms with E-state index in [1.807, 2.05) is 13.0 Å². The number of H-pyrrole nitrogens is 1. The Labute approximate surface area is 168 Å². The molecule has 4 rings (SSSR count). The van der Waals surface area contributed by atoms with Gasteiger partial charge in [-0.2, -0.15) is 5.26 Å². The third-order valence-corrected chi connectivity index (χ3v) is 5.19. The number of aromatic nitrogens is 3. The number of nitrogens with one attached hydrogen (secondary N) is 1. The summed E-state index contributed by atoms with van der Waals surface area (Å²) in [6.07, 6.45) is 2.04. The Morgan fingerprint density at radius 1 is 1.28 bits per heavy atom. The van der Waals surface area contributed by atoms with Crippen LogP contribution in [0.25, 0.3) is 11.0 Å². The van der Waals surface area contributed by atoms with E-state index in [-0.39, 0.29) is 12.5 Å². The van der Waals surface area contributed by atoms with Gasteiger partial charge >= 0.3 is 0 Å². The summed E-state index contributed by atoms with van der Waals surface area (Å²) in [5.74, 6) is 0.444. The summed E-state index contributed by atoms with van der Waals surface area (Å²) in [5.41, 5.74) is 2.08. The average Bonchev–Trinajstić information content (AvgIpc) is 2.74. The fourth-order valence-corrected chi connectivity index (χ4v) is 3.61. The van der Waals surface area contributed by atoms with Crippen LogP contribution in [0.4, 0.5) is 10.2 Å². The molecule has 0 spiro atoms. The minimum atomic E-state index is -0.413. The van der Waals surface area contributed by atoms with Gasteiger partial charge in [0.2, 0.25) is 0 Å². The van der Waals surface area contributed by atoms with Crippen molar-refractivity contribution in [3.63, 3.8) is 0 Å². The molecule has 3 aromatic rings. The monoisotopic (exact) mass is 394 g/mol. The lowest BCUT2D eigenvalue weighted by Crippen LogP contribution is -2.46. The molecule has 0 bridgehead atoms. The standard InChI is InChI=1S/C21H21FN6O.H2/c1-2-17-21(29)26-18-10-15(9-16(22)20(18)25-17)13-27-5-7-28(8-6-27)19-4-3-14(11-23)12-24-19;/h3-4,9-10,12H,2,5-8,13H2,1H3,(H,26,29);1H. The number of nitriles is 1. The van der Waals surface area contributed by atoms with Crippen LogP contribution < -0.4 is 10.5 Å². The molecule has 3 heterocycles. The zero-order valence-electron chi connectivity index (χ0n) is 16.2. The van der Waals surface area contributed by atoms with E-state index in [1.54, 1.807) is 18.3 Å². The van der Waals surface area contributed by atoms with Gasteiger partial charge in [-0.15, -0.1) is 0 Å². The lowest BCUT2D eigenvalue weighted by Gasteiger charge is -2.35. The molecule has 0 atom stereocenters. The zero-order chi connectivity index (χ0) is 20.4. The van der Waals surface area contributed by atoms with Crippen LogP contribution in [-0.2, 0) is 13.0 Å². The van der Waals surface area contributed by atoms with E-state index in [4.69, 9.17) is 5.26 Å². The number of pyridine rings is 1. The number of benzene rings is 1. The second-order valence-corrected chi connectivity index (χ2v) is 7.12. The fraction of sp³-hybridized carbons (Fsp3) is 0.333. The maximum Gasteiger partial charge on any atom is 0.270 e. The Hall–Kier alpha value is -3.31. The second-order valence-electron chi connectivity index (χ2n) is 7.12. The first-order chi connectivity index (χ1) is 14.1. The molecule has 1 saturated heterocycles. The van der Waals surface area contributed by atoms with Crippen LogP contribution in [0, 0.1) is 17.1 Å². The van der Waals surface area contributed by atoms with Crippen LogP contribution in [0.3, 0.4) is 0 Å². The fourth-order valence-electron chi connectivity index (χ4n) is 3.61. The third kappa shape index (κ3) is 3.96. The van der Waals surface area contributed by atoms with Gasteiger partial charge in [0.05, 0.1) is 11.1 Å². The van der Waals surface area contributed by atoms with Crippen LogP contribution in [-0.4, -0.2) is 46.0 Å². The van der Waals surface area contributed by atoms with E-state index in [1.165, 1.54) is 6.07 Å². The summed E-state index contributed by atoms with van der Waals surface area (Å²) in [6, 6.07) is 9.01. The normalized spacial score (nSPS) is 14.9. The number of aryl methyl sites for hydroxylation is 1. The highest BCUT2D eigenvalue weighted by Crippen LogP contribution is 2.19. The van der Waals surface area contributed by atoms with Gasteiger partial charge in [-0.05, 0) is 36.2 Å². The van der Waals surface area contributed by atoms with Gasteiger partial charge in [0.15, 0.2) is 5.82 Å². The predicted molar refractivity (Wildman–Crippen MR) is 110 cm³/mol. The molecule has 1 aromatic carbocycles. The highest BCUT2D eigenvalue weighted by molar-refractivity contribution is 5.75. The van der Waals surface area contributed by atoms with Crippen molar-refractivity contribution in [1.29, 1.82) is 5.26 Å². The largest absolute Gasteiger partial charge is 0.354 e. The Morgan fingerprint density at radius 3 is 2.72 bits per heavy atom. The van der Waals surface area contributed by atoms with Crippen molar-refractivity contribution in [3.05, 3.63) is 63.5 Å². The topological polar surface area (TPSA) is 88.9 Å². The first-order valence-corrected chi connectivity index (χ1v) is 9.62. The van der Waals surface area contributed by atoms with Gasteiger partial charge in [-0.25, -0.2) is 14.4 Å². The number of hydrogen-bond acceptors (Lipinski definition) is 6. The SMILES string of the molecule is CCc1nc2c(F)cc(CN3CCN(c4ccc(C#N)cn4)CC3)cc2[nH]c1=O.[HH]. The summed E-state index contributed by atoms with van der Waals surface area (Å²) in [6.45, 7) is 5.64. The molecule has 0 saturated carbocycles. The number of piperazine rings is 1. The average molecular weight is 394 g/mol. The first kappa shape index (κ1) is 19.0. The molecular weight excluding hydrogens is 371 g/mol. The zero-order valence-corrected chi connectivity index (χ0v) is 16.2. The van der Waals surface area contributed by atoms with Gasteiger partial charge in [0.25, 0.3) is 5.56 Å². The lowest BCUT2D eigenvalue weighted by molar-refractivity contribution is 0.249. The molecule has 1 aliphatic heterocycles. The van der Waals surface area contributed by atoms with Gasteiger partial charge in [-0.1, -0.05) is 6.92 Å². The van der Waals surface area contributed by atoms with E-state index in [2.05, 4.69) is 30.8 Å². The smallest absolute Gasteiger partial charge is 0.270 e. The molecule has 1 aliphatic rings. The van der Waals surface area contributed by atoms with Crippen molar-refractivity contribution in [2.45, 2.75) is 19.9 Å². The molecule has 150 valence electrons. The molecular formula is C21H23FN6O. The Kier molecular flexibility index (Phi) is 5.23. The molecule has 2 aromatic heterocycles. The predicted octanol–water partition coefficient (Wildman–Crippen LogP) is 2.46. The van der Waals surface area contributed by atoms with Crippen molar-refractivity contribution in [1.82, 2.24) is 19.9 Å². The Morgan fingerprint density at radius 2 is 2.07 bits per heavy atom. The van der Waals surface area contributed by atoms with Crippen molar-refractivity contribution in [3.8, 4) is 6.07 Å². The van der Waals surface area contributed by atoms with Crippen LogP contribution in [0.15, 0.2) is 35.3 Å². The summed E-state index contributed by atoms with van der Waals surface area (Å²) in [7, 11) is 0. The molecule has 0 amide bonds. The van der Waals surface area contributed by atoms with Crippen LogP contribution in [0.5, 0.6) is 0 Å². The van der Waals surface area contributed by atoms with E-state index in [0.717, 1.165) is 37.6 Å². The molecule has 0 aliphatic carbocycles. The van der Waals surface area contributed by atoms with Crippen LogP contribution >= 0.6 is 0 Å². The maximum absolute atomic E-state index is 14.6. The second kappa shape index (κ2) is 7.97. The minimum Gasteiger partial charge on any atom is -0.354 e. The van der Waals surface area contributed by atoms with Gasteiger partial charge in [0, 0.05) is 40.3 Å². The molecule has 29 heavy (non-hydrogen) atoms. The summed E-state index contributed by atoms with van der Waals surface area (Å²) in [5, 5.41) is 8.88. The molecule has 1 fully saturated rings. The number of hydrogen-bond donors (Lipinski definition) is 1. The Balaban J connectivity index is 0.00000256.